The van der Waals surface area contributed by atoms with E-state index in [-0.39, 0.29) is 12.6 Å². The molecule has 0 aliphatic rings. The van der Waals surface area contributed by atoms with Crippen LogP contribution in [-0.4, -0.2) is 40.7 Å². The molecule has 1 aromatic rings. The van der Waals surface area contributed by atoms with Gasteiger partial charge in [0.05, 0.1) is 12.3 Å². The summed E-state index contributed by atoms with van der Waals surface area (Å²) in [4.78, 5) is 17.6. The molecule has 1 aromatic heterocycles. The highest BCUT2D eigenvalue weighted by Crippen LogP contribution is 2.16. The van der Waals surface area contributed by atoms with Crippen LogP contribution in [0.2, 0.25) is 0 Å². The minimum Gasteiger partial charge on any atom is -0.395 e. The number of carbonyl (C=O) groups is 1. The van der Waals surface area contributed by atoms with E-state index in [1.54, 1.807) is 4.90 Å². The van der Waals surface area contributed by atoms with E-state index in [1.807, 2.05) is 12.3 Å². The third kappa shape index (κ3) is 4.32. The molecule has 0 atom stereocenters. The zero-order valence-electron chi connectivity index (χ0n) is 10.3. The van der Waals surface area contributed by atoms with Gasteiger partial charge in [-0.1, -0.05) is 13.3 Å². The van der Waals surface area contributed by atoms with Crippen LogP contribution in [0, 0.1) is 0 Å². The van der Waals surface area contributed by atoms with Crippen molar-refractivity contribution in [2.24, 2.45) is 0 Å². The van der Waals surface area contributed by atoms with Crippen molar-refractivity contribution in [2.75, 3.05) is 25.0 Å². The summed E-state index contributed by atoms with van der Waals surface area (Å²) in [5.74, 6) is 0. The molecule has 2 N–H and O–H groups in total. The number of aromatic nitrogens is 1. The third-order valence-electron chi connectivity index (χ3n) is 2.31. The van der Waals surface area contributed by atoms with Gasteiger partial charge >= 0.3 is 6.03 Å². The monoisotopic (exact) mass is 257 g/mol. The third-order valence-corrected chi connectivity index (χ3v) is 3.12. The molecule has 2 amide bonds. The number of aliphatic hydroxyl groups excluding tert-OH is 1. The van der Waals surface area contributed by atoms with Gasteiger partial charge in [-0.15, -0.1) is 11.3 Å². The molecule has 0 aromatic carbocycles. The van der Waals surface area contributed by atoms with Crippen LogP contribution in [0.25, 0.3) is 0 Å². The first kappa shape index (κ1) is 13.9. The molecular weight excluding hydrogens is 238 g/mol. The van der Waals surface area contributed by atoms with Gasteiger partial charge < -0.3 is 10.0 Å². The lowest BCUT2D eigenvalue weighted by molar-refractivity contribution is 0.192. The first-order valence-electron chi connectivity index (χ1n) is 5.82. The number of urea groups is 1. The second-order valence-corrected chi connectivity index (χ2v) is 4.49. The number of anilines is 1. The molecule has 6 heteroatoms. The molecule has 17 heavy (non-hydrogen) atoms. The average Bonchev–Trinajstić information content (AvgIpc) is 2.73. The highest BCUT2D eigenvalue weighted by atomic mass is 32.1. The Morgan fingerprint density at radius 3 is 2.94 bits per heavy atom. The Labute approximate surface area is 105 Å². The van der Waals surface area contributed by atoms with Crippen LogP contribution in [0.3, 0.4) is 0 Å². The number of hydrogen-bond donors (Lipinski definition) is 2. The van der Waals surface area contributed by atoms with Gasteiger partial charge in [0, 0.05) is 18.5 Å². The van der Waals surface area contributed by atoms with E-state index < -0.39 is 0 Å². The standard InChI is InChI=1S/C11H19N3O2S/c1-3-5-9-8-17-10(12-9)13-11(16)14(4-2)6-7-15/h8,15H,3-7H2,1-2H3,(H,12,13,16). The first-order chi connectivity index (χ1) is 8.21. The highest BCUT2D eigenvalue weighted by Gasteiger charge is 2.12. The molecule has 0 spiro atoms. The molecule has 96 valence electrons. The Morgan fingerprint density at radius 1 is 1.59 bits per heavy atom. The molecule has 0 bridgehead atoms. The maximum atomic E-state index is 11.8. The lowest BCUT2D eigenvalue weighted by Gasteiger charge is -2.19. The lowest BCUT2D eigenvalue weighted by Crippen LogP contribution is -2.36. The van der Waals surface area contributed by atoms with Crippen LogP contribution in [0.5, 0.6) is 0 Å². The van der Waals surface area contributed by atoms with Crippen molar-refractivity contribution in [1.29, 1.82) is 0 Å². The van der Waals surface area contributed by atoms with Crippen LogP contribution in [0.1, 0.15) is 26.0 Å². The van der Waals surface area contributed by atoms with Crippen molar-refractivity contribution in [3.8, 4) is 0 Å². The van der Waals surface area contributed by atoms with Crippen molar-refractivity contribution < 1.29 is 9.90 Å². The number of nitrogens with zero attached hydrogens (tertiary/aromatic N) is 2. The van der Waals surface area contributed by atoms with Crippen LogP contribution in [0.4, 0.5) is 9.93 Å². The number of amides is 2. The largest absolute Gasteiger partial charge is 0.395 e. The van der Waals surface area contributed by atoms with E-state index in [9.17, 15) is 4.79 Å². The Morgan fingerprint density at radius 2 is 2.35 bits per heavy atom. The summed E-state index contributed by atoms with van der Waals surface area (Å²) in [6.45, 7) is 4.85. The SMILES string of the molecule is CCCc1csc(NC(=O)N(CC)CCO)n1. The minimum absolute atomic E-state index is 0.0276. The number of nitrogens with one attached hydrogen (secondary N) is 1. The second kappa shape index (κ2) is 7.24. The molecule has 0 aliphatic heterocycles. The number of rotatable bonds is 6. The quantitative estimate of drug-likeness (QED) is 0.818. The van der Waals surface area contributed by atoms with Gasteiger partial charge in [-0.25, -0.2) is 9.78 Å². The number of likely N-dealkylation sites (N-methyl/N-ethyl adjacent to an activating group) is 1. The van der Waals surface area contributed by atoms with E-state index in [2.05, 4.69) is 17.2 Å². The van der Waals surface area contributed by atoms with Gasteiger partial charge in [0.2, 0.25) is 0 Å². The predicted molar refractivity (Wildman–Crippen MR) is 69.5 cm³/mol. The molecule has 0 unspecified atom stereocenters. The summed E-state index contributed by atoms with van der Waals surface area (Å²) in [5.41, 5.74) is 1.01. The molecule has 1 rings (SSSR count). The van der Waals surface area contributed by atoms with E-state index in [0.717, 1.165) is 18.5 Å². The van der Waals surface area contributed by atoms with Crippen molar-refractivity contribution in [1.82, 2.24) is 9.88 Å². The topological polar surface area (TPSA) is 65.5 Å². The van der Waals surface area contributed by atoms with Crippen LogP contribution in [-0.2, 0) is 6.42 Å². The summed E-state index contributed by atoms with van der Waals surface area (Å²) in [6, 6.07) is -0.209. The van der Waals surface area contributed by atoms with Crippen LogP contribution < -0.4 is 5.32 Å². The number of carbonyl (C=O) groups excluding carboxylic acids is 1. The summed E-state index contributed by atoms with van der Waals surface area (Å²) < 4.78 is 0. The predicted octanol–water partition coefficient (Wildman–Crippen LogP) is 1.94. The molecule has 0 aliphatic carbocycles. The van der Waals surface area contributed by atoms with Gasteiger partial charge in [0.25, 0.3) is 0 Å². The van der Waals surface area contributed by atoms with Gasteiger partial charge in [0.1, 0.15) is 0 Å². The molecule has 0 fully saturated rings. The lowest BCUT2D eigenvalue weighted by atomic mass is 10.3. The van der Waals surface area contributed by atoms with Crippen molar-refractivity contribution in [2.45, 2.75) is 26.7 Å². The highest BCUT2D eigenvalue weighted by molar-refractivity contribution is 7.13. The van der Waals surface area contributed by atoms with Crippen LogP contribution >= 0.6 is 11.3 Å². The number of hydrogen-bond acceptors (Lipinski definition) is 4. The van der Waals surface area contributed by atoms with Gasteiger partial charge in [-0.2, -0.15) is 0 Å². The Kier molecular flexibility index (Phi) is 5.93. The van der Waals surface area contributed by atoms with E-state index >= 15 is 0 Å². The fraction of sp³-hybridized carbons (Fsp3) is 0.636. The summed E-state index contributed by atoms with van der Waals surface area (Å²) in [5, 5.41) is 14.1. The molecule has 0 radical (unpaired) electrons. The maximum Gasteiger partial charge on any atom is 0.323 e. The summed E-state index contributed by atoms with van der Waals surface area (Å²) in [6.07, 6.45) is 1.98. The Balaban J connectivity index is 2.53. The molecule has 5 nitrogen and oxygen atoms in total. The minimum atomic E-state index is -0.209. The Hall–Kier alpha value is -1.14. The van der Waals surface area contributed by atoms with Gasteiger partial charge in [0.15, 0.2) is 5.13 Å². The van der Waals surface area contributed by atoms with E-state index in [4.69, 9.17) is 5.11 Å². The zero-order valence-corrected chi connectivity index (χ0v) is 11.1. The average molecular weight is 257 g/mol. The van der Waals surface area contributed by atoms with E-state index in [0.29, 0.717) is 18.2 Å². The smallest absolute Gasteiger partial charge is 0.323 e. The first-order valence-corrected chi connectivity index (χ1v) is 6.70. The number of aliphatic hydroxyl groups is 1. The Bertz CT molecular complexity index is 354. The fourth-order valence-electron chi connectivity index (χ4n) is 1.43. The molecular formula is C11H19N3O2S. The van der Waals surface area contributed by atoms with Gasteiger partial charge in [-0.05, 0) is 13.3 Å². The molecule has 0 saturated carbocycles. The fourth-order valence-corrected chi connectivity index (χ4v) is 2.16. The molecule has 0 saturated heterocycles. The maximum absolute atomic E-state index is 11.8. The second-order valence-electron chi connectivity index (χ2n) is 3.63. The molecule has 1 heterocycles. The van der Waals surface area contributed by atoms with Crippen molar-refractivity contribution in [3.63, 3.8) is 0 Å². The summed E-state index contributed by atoms with van der Waals surface area (Å²) in [7, 11) is 0. The normalized spacial score (nSPS) is 10.3. The number of aryl methyl sites for hydroxylation is 1. The number of thiazole rings is 1. The van der Waals surface area contributed by atoms with Crippen molar-refractivity contribution >= 4 is 22.5 Å². The van der Waals surface area contributed by atoms with Crippen molar-refractivity contribution in [3.05, 3.63) is 11.1 Å². The van der Waals surface area contributed by atoms with E-state index in [1.165, 1.54) is 11.3 Å². The van der Waals surface area contributed by atoms with Gasteiger partial charge in [-0.3, -0.25) is 5.32 Å². The zero-order chi connectivity index (χ0) is 12.7. The summed E-state index contributed by atoms with van der Waals surface area (Å²) >= 11 is 1.43. The van der Waals surface area contributed by atoms with Crippen LogP contribution in [0.15, 0.2) is 5.38 Å².